The second-order valence-corrected chi connectivity index (χ2v) is 9.95. The second kappa shape index (κ2) is 9.80. The maximum atomic E-state index is 13.6. The Kier molecular flexibility index (Phi) is 6.15. The van der Waals surface area contributed by atoms with Crippen LogP contribution in [0.1, 0.15) is 35.2 Å². The highest BCUT2D eigenvalue weighted by atomic mass is 16.5. The maximum absolute atomic E-state index is 13.6. The van der Waals surface area contributed by atoms with Crippen molar-refractivity contribution in [2.24, 2.45) is 0 Å². The molecule has 0 bridgehead atoms. The normalized spacial score (nSPS) is 19.6. The number of ketones is 1. The van der Waals surface area contributed by atoms with E-state index >= 15 is 0 Å². The molecule has 2 aliphatic rings. The summed E-state index contributed by atoms with van der Waals surface area (Å²) >= 11 is 0. The predicted molar refractivity (Wildman–Crippen MR) is 149 cm³/mol. The maximum Gasteiger partial charge on any atom is 0.300 e. The number of benzene rings is 4. The molecule has 39 heavy (non-hydrogen) atoms. The summed E-state index contributed by atoms with van der Waals surface area (Å²) in [5, 5.41) is 11.6. The molecule has 1 N–H and O–H groups in total. The van der Waals surface area contributed by atoms with Gasteiger partial charge in [0.2, 0.25) is 0 Å². The first-order valence-electron chi connectivity index (χ1n) is 12.9. The predicted octanol–water partition coefficient (Wildman–Crippen LogP) is 6.74. The summed E-state index contributed by atoms with van der Waals surface area (Å²) in [7, 11) is 0. The number of fused-ring (bicyclic) bond motifs is 1. The Morgan fingerprint density at radius 1 is 0.897 bits per heavy atom. The van der Waals surface area contributed by atoms with Crippen LogP contribution in [0.15, 0.2) is 103 Å². The molecule has 0 aromatic heterocycles. The van der Waals surface area contributed by atoms with E-state index in [1.165, 1.54) is 4.90 Å². The van der Waals surface area contributed by atoms with Crippen LogP contribution in [0.2, 0.25) is 0 Å². The average Bonchev–Trinajstić information content (AvgIpc) is 3.44. The van der Waals surface area contributed by atoms with Crippen LogP contribution >= 0.6 is 0 Å². The third-order valence-corrected chi connectivity index (χ3v) is 7.05. The number of carbonyl (C=O) groups is 2. The number of aryl methyl sites for hydroxylation is 1. The van der Waals surface area contributed by atoms with E-state index in [1.54, 1.807) is 24.3 Å². The van der Waals surface area contributed by atoms with Gasteiger partial charge in [-0.1, -0.05) is 42.5 Å². The van der Waals surface area contributed by atoms with Crippen molar-refractivity contribution < 1.29 is 24.2 Å². The first-order valence-corrected chi connectivity index (χ1v) is 12.9. The van der Waals surface area contributed by atoms with Crippen LogP contribution in [0.25, 0.3) is 5.76 Å². The molecule has 2 aliphatic heterocycles. The van der Waals surface area contributed by atoms with Crippen molar-refractivity contribution in [3.05, 3.63) is 125 Å². The molecule has 0 spiro atoms. The number of carbonyl (C=O) groups excluding carboxylic acids is 2. The van der Waals surface area contributed by atoms with E-state index in [0.29, 0.717) is 34.7 Å². The van der Waals surface area contributed by atoms with Crippen LogP contribution in [-0.4, -0.2) is 22.9 Å². The van der Waals surface area contributed by atoms with E-state index in [9.17, 15) is 14.7 Å². The van der Waals surface area contributed by atoms with Gasteiger partial charge in [0, 0.05) is 17.7 Å². The quantitative estimate of drug-likeness (QED) is 0.180. The first-order chi connectivity index (χ1) is 18.9. The Hall–Kier alpha value is -4.84. The molecule has 6 rings (SSSR count). The van der Waals surface area contributed by atoms with Gasteiger partial charge in [0.25, 0.3) is 11.7 Å². The van der Waals surface area contributed by atoms with Gasteiger partial charge in [-0.25, -0.2) is 0 Å². The van der Waals surface area contributed by atoms with E-state index in [0.717, 1.165) is 16.9 Å². The van der Waals surface area contributed by atoms with Crippen LogP contribution < -0.4 is 14.4 Å². The number of amides is 1. The van der Waals surface area contributed by atoms with E-state index < -0.39 is 17.7 Å². The van der Waals surface area contributed by atoms with Crippen LogP contribution in [0, 0.1) is 6.92 Å². The lowest BCUT2D eigenvalue weighted by Crippen LogP contribution is -2.29. The van der Waals surface area contributed by atoms with E-state index in [2.05, 4.69) is 0 Å². The molecule has 4 aromatic rings. The molecule has 2 heterocycles. The first kappa shape index (κ1) is 24.5. The van der Waals surface area contributed by atoms with Crippen LogP contribution in [0.4, 0.5) is 5.69 Å². The fourth-order valence-corrected chi connectivity index (χ4v) is 5.29. The molecule has 0 saturated carbocycles. The zero-order valence-electron chi connectivity index (χ0n) is 21.6. The van der Waals surface area contributed by atoms with Crippen LogP contribution in [-0.2, 0) is 16.0 Å². The lowest BCUT2D eigenvalue weighted by Gasteiger charge is -2.26. The summed E-state index contributed by atoms with van der Waals surface area (Å²) in [5.41, 5.74) is 3.62. The molecule has 6 heteroatoms. The summed E-state index contributed by atoms with van der Waals surface area (Å²) in [6.07, 6.45) is 0.743. The van der Waals surface area contributed by atoms with E-state index in [1.807, 2.05) is 86.6 Å². The van der Waals surface area contributed by atoms with Crippen LogP contribution in [0.5, 0.6) is 17.2 Å². The Labute approximate surface area is 226 Å². The molecule has 6 nitrogen and oxygen atoms in total. The molecule has 0 aliphatic carbocycles. The van der Waals surface area contributed by atoms with Gasteiger partial charge in [-0.05, 0) is 85.1 Å². The van der Waals surface area contributed by atoms with Crippen molar-refractivity contribution in [2.75, 3.05) is 4.90 Å². The summed E-state index contributed by atoms with van der Waals surface area (Å²) in [6, 6.07) is 28.6. The van der Waals surface area contributed by atoms with Gasteiger partial charge in [0.15, 0.2) is 0 Å². The highest BCUT2D eigenvalue weighted by molar-refractivity contribution is 6.51. The second-order valence-electron chi connectivity index (χ2n) is 9.95. The van der Waals surface area contributed by atoms with Crippen molar-refractivity contribution >= 4 is 23.1 Å². The largest absolute Gasteiger partial charge is 0.507 e. The van der Waals surface area contributed by atoms with Gasteiger partial charge in [-0.15, -0.1) is 0 Å². The van der Waals surface area contributed by atoms with Gasteiger partial charge in [-0.3, -0.25) is 14.5 Å². The lowest BCUT2D eigenvalue weighted by atomic mass is 9.94. The summed E-state index contributed by atoms with van der Waals surface area (Å²) in [4.78, 5) is 28.6. The molecule has 1 amide bonds. The number of rotatable bonds is 5. The minimum Gasteiger partial charge on any atom is -0.507 e. The zero-order chi connectivity index (χ0) is 27.1. The molecule has 1 fully saturated rings. The topological polar surface area (TPSA) is 76.1 Å². The molecular weight excluding hydrogens is 490 g/mol. The smallest absolute Gasteiger partial charge is 0.300 e. The van der Waals surface area contributed by atoms with Crippen molar-refractivity contribution in [3.8, 4) is 17.2 Å². The molecule has 194 valence electrons. The standard InChI is InChI=1S/C33H27NO5/c1-20-8-6-10-25(16-20)34-30(22-9-7-13-27(19-22)39-26-11-4-3-5-12-26)29(32(36)33(34)37)31(35)23-14-15-28-24(18-23)17-21(2)38-28/h3-16,18-19,21,30,35H,17H2,1-2H3/b31-29-. The molecule has 1 saturated heterocycles. The minimum absolute atomic E-state index is 0.0327. The summed E-state index contributed by atoms with van der Waals surface area (Å²) in [5.74, 6) is 0.333. The third-order valence-electron chi connectivity index (χ3n) is 7.05. The number of para-hydroxylation sites is 1. The number of ether oxygens (including phenoxy) is 2. The molecular formula is C33H27NO5. The van der Waals surface area contributed by atoms with Gasteiger partial charge >= 0.3 is 0 Å². The van der Waals surface area contributed by atoms with Crippen molar-refractivity contribution in [1.82, 2.24) is 0 Å². The zero-order valence-corrected chi connectivity index (χ0v) is 21.6. The average molecular weight is 518 g/mol. The number of anilines is 1. The lowest BCUT2D eigenvalue weighted by molar-refractivity contribution is -0.132. The summed E-state index contributed by atoms with van der Waals surface area (Å²) in [6.45, 7) is 3.91. The number of Topliss-reactive ketones (excluding diaryl/α,β-unsaturated/α-hetero) is 1. The van der Waals surface area contributed by atoms with Crippen molar-refractivity contribution in [1.29, 1.82) is 0 Å². The Morgan fingerprint density at radius 3 is 2.46 bits per heavy atom. The van der Waals surface area contributed by atoms with Gasteiger partial charge < -0.3 is 14.6 Å². The van der Waals surface area contributed by atoms with Crippen molar-refractivity contribution in [3.63, 3.8) is 0 Å². The number of aliphatic hydroxyl groups excluding tert-OH is 1. The summed E-state index contributed by atoms with van der Waals surface area (Å²) < 4.78 is 11.9. The molecule has 2 unspecified atom stereocenters. The van der Waals surface area contributed by atoms with Crippen molar-refractivity contribution in [2.45, 2.75) is 32.4 Å². The highest BCUT2D eigenvalue weighted by Gasteiger charge is 2.47. The van der Waals surface area contributed by atoms with Gasteiger partial charge in [-0.2, -0.15) is 0 Å². The van der Waals surface area contributed by atoms with E-state index in [4.69, 9.17) is 9.47 Å². The molecule has 4 aromatic carbocycles. The fourth-order valence-electron chi connectivity index (χ4n) is 5.29. The third kappa shape index (κ3) is 4.55. The SMILES string of the molecule is Cc1cccc(N2C(=O)C(=O)/C(=C(\O)c3ccc4c(c3)CC(C)O4)C2c2cccc(Oc3ccccc3)c2)c1. The molecule has 2 atom stereocenters. The number of hydrogen-bond donors (Lipinski definition) is 1. The number of hydrogen-bond acceptors (Lipinski definition) is 5. The highest BCUT2D eigenvalue weighted by Crippen LogP contribution is 2.44. The number of nitrogens with zero attached hydrogens (tertiary/aromatic N) is 1. The van der Waals surface area contributed by atoms with Crippen LogP contribution in [0.3, 0.4) is 0 Å². The minimum atomic E-state index is -0.852. The van der Waals surface area contributed by atoms with E-state index in [-0.39, 0.29) is 17.4 Å². The Morgan fingerprint density at radius 2 is 1.67 bits per heavy atom. The Balaban J connectivity index is 1.50. The number of aliphatic hydroxyl groups is 1. The fraction of sp³-hybridized carbons (Fsp3) is 0.152. The monoisotopic (exact) mass is 517 g/mol. The molecule has 0 radical (unpaired) electrons. The van der Waals surface area contributed by atoms with Gasteiger partial charge in [0.1, 0.15) is 29.1 Å². The van der Waals surface area contributed by atoms with Gasteiger partial charge in [0.05, 0.1) is 11.6 Å². The Bertz CT molecular complexity index is 1620.